The topological polar surface area (TPSA) is 26.7 Å². The normalized spacial score (nSPS) is 20.3. The van der Waals surface area contributed by atoms with Crippen LogP contribution in [0.5, 0.6) is 5.75 Å². The predicted molar refractivity (Wildman–Crippen MR) is 79.4 cm³/mol. The van der Waals surface area contributed by atoms with Crippen LogP contribution < -0.4 is 0 Å². The third-order valence-corrected chi connectivity index (χ3v) is 4.10. The van der Waals surface area contributed by atoms with Gasteiger partial charge in [-0.05, 0) is 46.0 Å². The van der Waals surface area contributed by atoms with E-state index in [1.54, 1.807) is 6.07 Å². The Labute approximate surface area is 116 Å². The first-order chi connectivity index (χ1) is 9.10. The highest BCUT2D eigenvalue weighted by atomic mass is 16.3. The minimum atomic E-state index is 0.413. The smallest absolute Gasteiger partial charge is 0.120 e. The van der Waals surface area contributed by atoms with Crippen LogP contribution in [0.15, 0.2) is 18.2 Å². The molecule has 1 heterocycles. The summed E-state index contributed by atoms with van der Waals surface area (Å²) in [4.78, 5) is 4.89. The number of phenolic OH excluding ortho intramolecular Hbond substituents is 1. The molecule has 3 nitrogen and oxygen atoms in total. The van der Waals surface area contributed by atoms with E-state index in [0.29, 0.717) is 11.8 Å². The monoisotopic (exact) mass is 262 g/mol. The van der Waals surface area contributed by atoms with Crippen molar-refractivity contribution in [3.05, 3.63) is 29.3 Å². The quantitative estimate of drug-likeness (QED) is 0.883. The Morgan fingerprint density at radius 1 is 1.42 bits per heavy atom. The molecule has 0 amide bonds. The minimum absolute atomic E-state index is 0.413. The summed E-state index contributed by atoms with van der Waals surface area (Å²) >= 11 is 0. The fraction of sp³-hybridized carbons (Fsp3) is 0.625. The Morgan fingerprint density at radius 3 is 2.95 bits per heavy atom. The van der Waals surface area contributed by atoms with Gasteiger partial charge in [0.15, 0.2) is 0 Å². The Balaban J connectivity index is 1.93. The van der Waals surface area contributed by atoms with Gasteiger partial charge in [0.2, 0.25) is 0 Å². The first kappa shape index (κ1) is 14.4. The Hall–Kier alpha value is -1.06. The highest BCUT2D eigenvalue weighted by Crippen LogP contribution is 2.22. The van der Waals surface area contributed by atoms with Gasteiger partial charge in [0, 0.05) is 24.7 Å². The number of likely N-dealkylation sites (N-methyl/N-ethyl adjacent to an activating group) is 2. The predicted octanol–water partition coefficient (Wildman–Crippen LogP) is 2.62. The lowest BCUT2D eigenvalue weighted by molar-refractivity contribution is 0.194. The molecule has 0 bridgehead atoms. The van der Waals surface area contributed by atoms with E-state index in [1.807, 2.05) is 6.07 Å². The van der Waals surface area contributed by atoms with Gasteiger partial charge in [-0.3, -0.25) is 4.90 Å². The van der Waals surface area contributed by atoms with Crippen molar-refractivity contribution in [2.75, 3.05) is 26.7 Å². The van der Waals surface area contributed by atoms with Crippen molar-refractivity contribution in [1.29, 1.82) is 0 Å². The average Bonchev–Trinajstić information content (AvgIpc) is 2.81. The molecule has 1 unspecified atom stereocenters. The van der Waals surface area contributed by atoms with Gasteiger partial charge in [0.1, 0.15) is 5.75 Å². The first-order valence-corrected chi connectivity index (χ1v) is 7.31. The van der Waals surface area contributed by atoms with Gasteiger partial charge < -0.3 is 10.0 Å². The number of aromatic hydroxyl groups is 1. The van der Waals surface area contributed by atoms with Gasteiger partial charge in [0.25, 0.3) is 0 Å². The van der Waals surface area contributed by atoms with Gasteiger partial charge in [-0.2, -0.15) is 0 Å². The molecule has 19 heavy (non-hydrogen) atoms. The van der Waals surface area contributed by atoms with Gasteiger partial charge in [-0.25, -0.2) is 0 Å². The molecule has 1 aromatic carbocycles. The molecule has 0 spiro atoms. The van der Waals surface area contributed by atoms with Gasteiger partial charge >= 0.3 is 0 Å². The zero-order chi connectivity index (χ0) is 13.8. The molecule has 3 heteroatoms. The zero-order valence-electron chi connectivity index (χ0n) is 12.4. The average molecular weight is 262 g/mol. The number of aryl methyl sites for hydroxylation is 1. The first-order valence-electron chi connectivity index (χ1n) is 7.31. The zero-order valence-corrected chi connectivity index (χ0v) is 12.4. The fourth-order valence-corrected chi connectivity index (χ4v) is 3.07. The molecule has 0 radical (unpaired) electrons. The summed E-state index contributed by atoms with van der Waals surface area (Å²) in [5, 5.41) is 9.91. The molecule has 1 aliphatic rings. The van der Waals surface area contributed by atoms with E-state index in [1.165, 1.54) is 24.9 Å². The highest BCUT2D eigenvalue weighted by Gasteiger charge is 2.24. The largest absolute Gasteiger partial charge is 0.508 e. The Bertz CT molecular complexity index is 419. The van der Waals surface area contributed by atoms with E-state index in [4.69, 9.17) is 0 Å². The maximum Gasteiger partial charge on any atom is 0.120 e. The summed E-state index contributed by atoms with van der Waals surface area (Å²) < 4.78 is 0. The molecule has 1 aliphatic heterocycles. The van der Waals surface area contributed by atoms with Crippen LogP contribution in [0.2, 0.25) is 0 Å². The number of hydrogen-bond donors (Lipinski definition) is 1. The number of benzene rings is 1. The second-order valence-electron chi connectivity index (χ2n) is 5.75. The van der Waals surface area contributed by atoms with Crippen molar-refractivity contribution in [3.8, 4) is 5.75 Å². The number of nitrogens with zero attached hydrogens (tertiary/aromatic N) is 2. The van der Waals surface area contributed by atoms with Crippen LogP contribution in [0.1, 0.15) is 30.9 Å². The molecular formula is C16H26N2O. The standard InChI is InChI=1S/C16H26N2O/c1-4-18-9-5-6-15(18)12-17(3)11-14-10-13(2)7-8-16(14)19/h7-8,10,15,19H,4-6,9,11-12H2,1-3H3. The number of hydrogen-bond acceptors (Lipinski definition) is 3. The molecule has 1 aromatic rings. The SMILES string of the molecule is CCN1CCCC1CN(C)Cc1cc(C)ccc1O. The Kier molecular flexibility index (Phi) is 4.83. The number of rotatable bonds is 5. The van der Waals surface area contributed by atoms with Crippen LogP contribution in [-0.4, -0.2) is 47.6 Å². The van der Waals surface area contributed by atoms with Crippen molar-refractivity contribution in [3.63, 3.8) is 0 Å². The van der Waals surface area contributed by atoms with Crippen molar-refractivity contribution >= 4 is 0 Å². The van der Waals surface area contributed by atoms with E-state index in [2.05, 4.69) is 36.8 Å². The summed E-state index contributed by atoms with van der Waals surface area (Å²) in [6.45, 7) is 8.60. The summed E-state index contributed by atoms with van der Waals surface area (Å²) in [7, 11) is 2.15. The third kappa shape index (κ3) is 3.71. The van der Waals surface area contributed by atoms with Crippen LogP contribution in [0.3, 0.4) is 0 Å². The lowest BCUT2D eigenvalue weighted by atomic mass is 10.1. The molecule has 0 aliphatic carbocycles. The molecule has 1 saturated heterocycles. The lowest BCUT2D eigenvalue weighted by Crippen LogP contribution is -2.38. The van der Waals surface area contributed by atoms with Crippen molar-refractivity contribution in [1.82, 2.24) is 9.80 Å². The molecule has 0 saturated carbocycles. The van der Waals surface area contributed by atoms with E-state index in [9.17, 15) is 5.11 Å². The van der Waals surface area contributed by atoms with Crippen LogP contribution in [0, 0.1) is 6.92 Å². The van der Waals surface area contributed by atoms with Crippen molar-refractivity contribution in [2.24, 2.45) is 0 Å². The second-order valence-corrected chi connectivity index (χ2v) is 5.75. The fourth-order valence-electron chi connectivity index (χ4n) is 3.07. The number of phenols is 1. The molecule has 2 rings (SSSR count). The molecule has 1 N–H and O–H groups in total. The van der Waals surface area contributed by atoms with E-state index in [-0.39, 0.29) is 0 Å². The van der Waals surface area contributed by atoms with Gasteiger partial charge in [-0.15, -0.1) is 0 Å². The van der Waals surface area contributed by atoms with Crippen LogP contribution in [0.4, 0.5) is 0 Å². The lowest BCUT2D eigenvalue weighted by Gasteiger charge is -2.28. The molecule has 1 fully saturated rings. The van der Waals surface area contributed by atoms with Gasteiger partial charge in [-0.1, -0.05) is 24.6 Å². The van der Waals surface area contributed by atoms with Crippen LogP contribution in [-0.2, 0) is 6.54 Å². The van der Waals surface area contributed by atoms with E-state index >= 15 is 0 Å². The molecular weight excluding hydrogens is 236 g/mol. The van der Waals surface area contributed by atoms with E-state index < -0.39 is 0 Å². The van der Waals surface area contributed by atoms with E-state index in [0.717, 1.165) is 25.2 Å². The van der Waals surface area contributed by atoms with Gasteiger partial charge in [0.05, 0.1) is 0 Å². The van der Waals surface area contributed by atoms with Crippen LogP contribution >= 0.6 is 0 Å². The van der Waals surface area contributed by atoms with Crippen molar-refractivity contribution in [2.45, 2.75) is 39.3 Å². The van der Waals surface area contributed by atoms with Crippen LogP contribution in [0.25, 0.3) is 0 Å². The summed E-state index contributed by atoms with van der Waals surface area (Å²) in [6.07, 6.45) is 2.63. The summed E-state index contributed by atoms with van der Waals surface area (Å²) in [6, 6.07) is 6.51. The highest BCUT2D eigenvalue weighted by molar-refractivity contribution is 5.35. The second kappa shape index (κ2) is 6.40. The van der Waals surface area contributed by atoms with Crippen molar-refractivity contribution < 1.29 is 5.11 Å². The summed E-state index contributed by atoms with van der Waals surface area (Å²) in [5.41, 5.74) is 2.24. The molecule has 106 valence electrons. The Morgan fingerprint density at radius 2 is 2.21 bits per heavy atom. The maximum atomic E-state index is 9.91. The summed E-state index contributed by atoms with van der Waals surface area (Å²) in [5.74, 6) is 0.413. The third-order valence-electron chi connectivity index (χ3n) is 4.10. The molecule has 0 aromatic heterocycles. The molecule has 1 atom stereocenters. The minimum Gasteiger partial charge on any atom is -0.508 e. The maximum absolute atomic E-state index is 9.91. The number of likely N-dealkylation sites (tertiary alicyclic amines) is 1.